The number of carbonyl (C=O) groups excluding carboxylic acids is 1. The Bertz CT molecular complexity index is 549. The summed E-state index contributed by atoms with van der Waals surface area (Å²) in [7, 11) is 1.61. The van der Waals surface area contributed by atoms with Crippen LogP contribution >= 0.6 is 11.8 Å². The number of ether oxygens (including phenoxy) is 1. The second kappa shape index (κ2) is 7.38. The van der Waals surface area contributed by atoms with E-state index < -0.39 is 0 Å². The zero-order valence-electron chi connectivity index (χ0n) is 13.8. The number of thioether (sulfide) groups is 1. The van der Waals surface area contributed by atoms with Crippen LogP contribution in [-0.4, -0.2) is 65.1 Å². The van der Waals surface area contributed by atoms with Crippen LogP contribution in [0.3, 0.4) is 0 Å². The maximum absolute atomic E-state index is 12.7. The van der Waals surface area contributed by atoms with E-state index in [9.17, 15) is 4.79 Å². The fourth-order valence-corrected chi connectivity index (χ4v) is 4.22. The van der Waals surface area contributed by atoms with Crippen LogP contribution in [0.2, 0.25) is 0 Å². The second-order valence-corrected chi connectivity index (χ2v) is 7.67. The number of hydrogen-bond acceptors (Lipinski definition) is 6. The second-order valence-electron chi connectivity index (χ2n) is 6.13. The fourth-order valence-electron chi connectivity index (χ4n) is 3.20. The summed E-state index contributed by atoms with van der Waals surface area (Å²) in [6, 6.07) is 1.75. The molecular weight excluding hydrogens is 312 g/mol. The lowest BCUT2D eigenvalue weighted by molar-refractivity contribution is -0.136. The van der Waals surface area contributed by atoms with Crippen molar-refractivity contribution in [3.8, 4) is 5.88 Å². The summed E-state index contributed by atoms with van der Waals surface area (Å²) in [5.74, 6) is 2.81. The van der Waals surface area contributed by atoms with E-state index in [4.69, 9.17) is 4.74 Å². The van der Waals surface area contributed by atoms with Crippen molar-refractivity contribution in [2.24, 2.45) is 5.92 Å². The third-order valence-electron chi connectivity index (χ3n) is 4.51. The Morgan fingerprint density at radius 2 is 2.13 bits per heavy atom. The molecule has 0 aromatic carbocycles. The first-order valence-electron chi connectivity index (χ1n) is 8.19. The molecule has 126 valence electrons. The van der Waals surface area contributed by atoms with Crippen LogP contribution in [0.5, 0.6) is 5.88 Å². The van der Waals surface area contributed by atoms with Gasteiger partial charge in [0.2, 0.25) is 17.7 Å². The Balaban J connectivity index is 1.56. The number of methoxy groups -OCH3 is 1. The average molecular weight is 336 g/mol. The molecule has 1 unspecified atom stereocenters. The summed E-state index contributed by atoms with van der Waals surface area (Å²) in [5.41, 5.74) is 0. The number of aromatic nitrogens is 2. The van der Waals surface area contributed by atoms with Crippen molar-refractivity contribution in [2.45, 2.75) is 25.0 Å². The van der Waals surface area contributed by atoms with Gasteiger partial charge in [-0.2, -0.15) is 16.7 Å². The van der Waals surface area contributed by atoms with Gasteiger partial charge in [-0.3, -0.25) is 4.79 Å². The van der Waals surface area contributed by atoms with Gasteiger partial charge in [0.05, 0.1) is 7.11 Å². The summed E-state index contributed by atoms with van der Waals surface area (Å²) < 4.78 is 5.15. The van der Waals surface area contributed by atoms with Gasteiger partial charge in [0.1, 0.15) is 0 Å². The monoisotopic (exact) mass is 336 g/mol. The minimum atomic E-state index is 0.146. The van der Waals surface area contributed by atoms with Crippen LogP contribution in [0.15, 0.2) is 12.3 Å². The molecule has 6 nitrogen and oxygen atoms in total. The first-order chi connectivity index (χ1) is 11.2. The lowest BCUT2D eigenvalue weighted by Crippen LogP contribution is -2.47. The minimum Gasteiger partial charge on any atom is -0.481 e. The lowest BCUT2D eigenvalue weighted by atomic mass is 9.95. The summed E-state index contributed by atoms with van der Waals surface area (Å²) in [6.07, 6.45) is 3.46. The Morgan fingerprint density at radius 3 is 2.83 bits per heavy atom. The maximum atomic E-state index is 12.7. The van der Waals surface area contributed by atoms with Gasteiger partial charge in [0, 0.05) is 55.4 Å². The molecule has 1 aromatic heterocycles. The van der Waals surface area contributed by atoms with Crippen LogP contribution in [0.1, 0.15) is 19.8 Å². The maximum Gasteiger partial charge on any atom is 0.228 e. The molecule has 0 spiro atoms. The van der Waals surface area contributed by atoms with Gasteiger partial charge in [-0.15, -0.1) is 0 Å². The highest BCUT2D eigenvalue weighted by molar-refractivity contribution is 7.99. The molecule has 0 radical (unpaired) electrons. The number of carbonyl (C=O) groups is 1. The summed E-state index contributed by atoms with van der Waals surface area (Å²) >= 11 is 1.96. The topological polar surface area (TPSA) is 58.6 Å². The molecule has 2 fully saturated rings. The molecule has 7 heteroatoms. The summed E-state index contributed by atoms with van der Waals surface area (Å²) in [4.78, 5) is 25.6. The van der Waals surface area contributed by atoms with Crippen molar-refractivity contribution in [1.29, 1.82) is 0 Å². The van der Waals surface area contributed by atoms with Crippen LogP contribution in [0, 0.1) is 5.92 Å². The normalized spacial score (nSPS) is 23.0. The Morgan fingerprint density at radius 1 is 1.35 bits per heavy atom. The van der Waals surface area contributed by atoms with Crippen LogP contribution < -0.4 is 9.64 Å². The Hall–Kier alpha value is -1.50. The molecule has 0 bridgehead atoms. The van der Waals surface area contributed by atoms with Crippen LogP contribution in [0.25, 0.3) is 0 Å². The number of piperidine rings is 1. The smallest absolute Gasteiger partial charge is 0.228 e. The molecule has 1 atom stereocenters. The molecule has 1 aromatic rings. The van der Waals surface area contributed by atoms with Crippen molar-refractivity contribution in [3.63, 3.8) is 0 Å². The van der Waals surface area contributed by atoms with Gasteiger partial charge in [-0.05, 0) is 12.8 Å². The molecule has 3 heterocycles. The highest BCUT2D eigenvalue weighted by Crippen LogP contribution is 2.26. The number of hydrogen-bond donors (Lipinski definition) is 0. The molecule has 2 saturated heterocycles. The van der Waals surface area contributed by atoms with E-state index in [-0.39, 0.29) is 5.92 Å². The van der Waals surface area contributed by atoms with E-state index in [2.05, 4.69) is 26.7 Å². The van der Waals surface area contributed by atoms with Crippen molar-refractivity contribution in [1.82, 2.24) is 14.9 Å². The molecular formula is C16H24N4O2S. The molecule has 2 aliphatic heterocycles. The molecule has 3 rings (SSSR count). The third kappa shape index (κ3) is 3.88. The first-order valence-corrected chi connectivity index (χ1v) is 9.24. The molecule has 23 heavy (non-hydrogen) atoms. The Labute approximate surface area is 141 Å². The van der Waals surface area contributed by atoms with Crippen molar-refractivity contribution >= 4 is 23.6 Å². The van der Waals surface area contributed by atoms with E-state index >= 15 is 0 Å². The summed E-state index contributed by atoms with van der Waals surface area (Å²) in [6.45, 7) is 5.63. The largest absolute Gasteiger partial charge is 0.481 e. The lowest BCUT2D eigenvalue weighted by Gasteiger charge is -2.36. The van der Waals surface area contributed by atoms with E-state index in [1.54, 1.807) is 19.4 Å². The number of amides is 1. The predicted molar refractivity (Wildman–Crippen MR) is 92.0 cm³/mol. The van der Waals surface area contributed by atoms with E-state index in [1.807, 2.05) is 11.8 Å². The zero-order valence-corrected chi connectivity index (χ0v) is 14.6. The van der Waals surface area contributed by atoms with Gasteiger partial charge in [0.25, 0.3) is 0 Å². The van der Waals surface area contributed by atoms with E-state index in [1.165, 1.54) is 0 Å². The Kier molecular flexibility index (Phi) is 5.25. The molecule has 0 N–H and O–H groups in total. The van der Waals surface area contributed by atoms with Gasteiger partial charge < -0.3 is 14.5 Å². The number of anilines is 1. The van der Waals surface area contributed by atoms with Crippen molar-refractivity contribution < 1.29 is 9.53 Å². The summed E-state index contributed by atoms with van der Waals surface area (Å²) in [5, 5.41) is 0.554. The van der Waals surface area contributed by atoms with Crippen molar-refractivity contribution in [3.05, 3.63) is 12.3 Å². The quantitative estimate of drug-likeness (QED) is 0.837. The highest BCUT2D eigenvalue weighted by atomic mass is 32.2. The van der Waals surface area contributed by atoms with Crippen molar-refractivity contribution in [2.75, 3.05) is 43.9 Å². The van der Waals surface area contributed by atoms with E-state index in [0.717, 1.165) is 44.8 Å². The van der Waals surface area contributed by atoms with Gasteiger partial charge >= 0.3 is 0 Å². The molecule has 2 aliphatic rings. The van der Waals surface area contributed by atoms with Gasteiger partial charge in [-0.25, -0.2) is 4.98 Å². The predicted octanol–water partition coefficient (Wildman–Crippen LogP) is 1.67. The molecule has 0 aliphatic carbocycles. The molecule has 1 amide bonds. The van der Waals surface area contributed by atoms with Crippen LogP contribution in [-0.2, 0) is 4.79 Å². The van der Waals surface area contributed by atoms with Crippen LogP contribution in [0.4, 0.5) is 5.95 Å². The SMILES string of the molecule is COc1ccnc(N2CCC(C(=O)N3CCSC(C)C3)CC2)n1. The first kappa shape index (κ1) is 16.4. The average Bonchev–Trinajstić information content (AvgIpc) is 2.61. The zero-order chi connectivity index (χ0) is 16.2. The fraction of sp³-hybridized carbons (Fsp3) is 0.688. The van der Waals surface area contributed by atoms with Gasteiger partial charge in [-0.1, -0.05) is 6.92 Å². The number of nitrogens with zero attached hydrogens (tertiary/aromatic N) is 4. The van der Waals surface area contributed by atoms with E-state index in [0.29, 0.717) is 23.0 Å². The third-order valence-corrected chi connectivity index (χ3v) is 5.64. The van der Waals surface area contributed by atoms with Gasteiger partial charge in [0.15, 0.2) is 0 Å². The molecule has 0 saturated carbocycles. The standard InChI is InChI=1S/C16H24N4O2S/c1-12-11-20(9-10-23-12)15(21)13-4-7-19(8-5-13)16-17-6-3-14(18-16)22-2/h3,6,12-13H,4-5,7-11H2,1-2H3. The minimum absolute atomic E-state index is 0.146. The number of rotatable bonds is 3. The highest BCUT2D eigenvalue weighted by Gasteiger charge is 2.31.